The fourth-order valence-electron chi connectivity index (χ4n) is 1.23. The van der Waals surface area contributed by atoms with E-state index in [9.17, 15) is 0 Å². The number of pyridine rings is 1. The van der Waals surface area contributed by atoms with Crippen LogP contribution in [0.2, 0.25) is 10.0 Å². The molecule has 0 radical (unpaired) electrons. The van der Waals surface area contributed by atoms with E-state index in [4.69, 9.17) is 28.9 Å². The average molecular weight is 259 g/mol. The van der Waals surface area contributed by atoms with E-state index in [0.717, 1.165) is 0 Å². The summed E-state index contributed by atoms with van der Waals surface area (Å²) in [5.74, 6) is 0.479. The number of tetrazole rings is 1. The molecule has 0 fully saturated rings. The Bertz CT molecular complexity index is 497. The summed E-state index contributed by atoms with van der Waals surface area (Å²) in [5.41, 5.74) is 5.93. The summed E-state index contributed by atoms with van der Waals surface area (Å²) in [5, 5.41) is 12.1. The van der Waals surface area contributed by atoms with E-state index in [2.05, 4.69) is 20.5 Å². The SMILES string of the molecule is NCCn1nnnc1-c1ncc(Cl)cc1Cl. The molecule has 2 rings (SSSR count). The van der Waals surface area contributed by atoms with E-state index in [0.29, 0.717) is 34.7 Å². The van der Waals surface area contributed by atoms with Crippen LogP contribution in [-0.2, 0) is 6.54 Å². The molecule has 0 saturated carbocycles. The van der Waals surface area contributed by atoms with E-state index < -0.39 is 0 Å². The topological polar surface area (TPSA) is 82.5 Å². The second-order valence-corrected chi connectivity index (χ2v) is 3.84. The molecule has 2 heterocycles. The van der Waals surface area contributed by atoms with Crippen LogP contribution in [0.15, 0.2) is 12.3 Å². The summed E-state index contributed by atoms with van der Waals surface area (Å²) in [7, 11) is 0. The van der Waals surface area contributed by atoms with Gasteiger partial charge in [0.2, 0.25) is 5.82 Å². The van der Waals surface area contributed by atoms with Crippen LogP contribution in [0.5, 0.6) is 0 Å². The molecule has 0 aliphatic heterocycles. The van der Waals surface area contributed by atoms with Gasteiger partial charge in [-0.2, -0.15) is 0 Å². The quantitative estimate of drug-likeness (QED) is 0.889. The number of hydrogen-bond donors (Lipinski definition) is 1. The third-order valence-corrected chi connectivity index (χ3v) is 2.39. The fourth-order valence-corrected chi connectivity index (χ4v) is 1.69. The lowest BCUT2D eigenvalue weighted by atomic mass is 10.3. The van der Waals surface area contributed by atoms with Crippen molar-refractivity contribution in [2.75, 3.05) is 6.54 Å². The number of hydrogen-bond acceptors (Lipinski definition) is 5. The van der Waals surface area contributed by atoms with Crippen LogP contribution in [0.25, 0.3) is 11.5 Å². The third kappa shape index (κ3) is 2.13. The molecule has 0 saturated heterocycles. The standard InChI is InChI=1S/C8H8Cl2N6/c9-5-3-6(10)7(12-4-5)8-13-14-15-16(8)2-1-11/h3-4H,1-2,11H2. The summed E-state index contributed by atoms with van der Waals surface area (Å²) in [4.78, 5) is 4.10. The Labute approximate surface area is 101 Å². The second-order valence-electron chi connectivity index (χ2n) is 3.00. The van der Waals surface area contributed by atoms with Crippen LogP contribution in [0.4, 0.5) is 0 Å². The first-order valence-corrected chi connectivity index (χ1v) is 5.25. The maximum atomic E-state index is 6.01. The third-order valence-electron chi connectivity index (χ3n) is 1.89. The maximum absolute atomic E-state index is 6.01. The molecule has 2 aromatic rings. The van der Waals surface area contributed by atoms with Crippen LogP contribution in [0.3, 0.4) is 0 Å². The van der Waals surface area contributed by atoms with Crippen LogP contribution in [0, 0.1) is 0 Å². The van der Waals surface area contributed by atoms with Gasteiger partial charge in [0, 0.05) is 12.7 Å². The first kappa shape index (κ1) is 11.3. The van der Waals surface area contributed by atoms with Crippen molar-refractivity contribution in [1.82, 2.24) is 25.2 Å². The molecule has 0 amide bonds. The molecular weight excluding hydrogens is 251 g/mol. The minimum atomic E-state index is 0.403. The van der Waals surface area contributed by atoms with Crippen molar-refractivity contribution in [3.8, 4) is 11.5 Å². The molecule has 16 heavy (non-hydrogen) atoms. The minimum absolute atomic E-state index is 0.403. The first-order chi connectivity index (χ1) is 7.72. The van der Waals surface area contributed by atoms with E-state index in [1.54, 1.807) is 10.7 Å². The maximum Gasteiger partial charge on any atom is 0.202 e. The van der Waals surface area contributed by atoms with Crippen molar-refractivity contribution in [3.63, 3.8) is 0 Å². The van der Waals surface area contributed by atoms with Gasteiger partial charge in [-0.25, -0.2) is 9.67 Å². The minimum Gasteiger partial charge on any atom is -0.329 e. The Kier molecular flexibility index (Phi) is 3.33. The van der Waals surface area contributed by atoms with Gasteiger partial charge in [-0.3, -0.25) is 0 Å². The monoisotopic (exact) mass is 258 g/mol. The second kappa shape index (κ2) is 4.73. The number of halogens is 2. The normalized spacial score (nSPS) is 10.7. The van der Waals surface area contributed by atoms with Gasteiger partial charge >= 0.3 is 0 Å². The summed E-state index contributed by atoms with van der Waals surface area (Å²) in [6.45, 7) is 0.937. The Balaban J connectivity index is 2.46. The molecule has 0 aromatic carbocycles. The fraction of sp³-hybridized carbons (Fsp3) is 0.250. The van der Waals surface area contributed by atoms with E-state index in [1.807, 2.05) is 0 Å². The molecule has 0 spiro atoms. The highest BCUT2D eigenvalue weighted by molar-refractivity contribution is 6.35. The Morgan fingerprint density at radius 2 is 2.19 bits per heavy atom. The van der Waals surface area contributed by atoms with E-state index in [1.165, 1.54) is 6.20 Å². The highest BCUT2D eigenvalue weighted by atomic mass is 35.5. The van der Waals surface area contributed by atoms with Gasteiger partial charge in [0.1, 0.15) is 5.69 Å². The molecule has 0 unspecified atom stereocenters. The summed E-state index contributed by atoms with van der Waals surface area (Å²) < 4.78 is 1.54. The average Bonchev–Trinajstić information content (AvgIpc) is 2.67. The van der Waals surface area contributed by atoms with E-state index >= 15 is 0 Å². The number of rotatable bonds is 3. The van der Waals surface area contributed by atoms with Crippen LogP contribution in [-0.4, -0.2) is 31.7 Å². The van der Waals surface area contributed by atoms with Crippen molar-refractivity contribution in [2.24, 2.45) is 5.73 Å². The van der Waals surface area contributed by atoms with Gasteiger partial charge in [0.25, 0.3) is 0 Å². The first-order valence-electron chi connectivity index (χ1n) is 4.50. The lowest BCUT2D eigenvalue weighted by molar-refractivity contribution is 0.602. The Hall–Kier alpha value is -1.24. The molecule has 8 heteroatoms. The van der Waals surface area contributed by atoms with Crippen molar-refractivity contribution in [3.05, 3.63) is 22.3 Å². The van der Waals surface area contributed by atoms with Crippen LogP contribution in [0.1, 0.15) is 0 Å². The zero-order chi connectivity index (χ0) is 11.5. The largest absolute Gasteiger partial charge is 0.329 e. The van der Waals surface area contributed by atoms with Crippen molar-refractivity contribution >= 4 is 23.2 Å². The lowest BCUT2D eigenvalue weighted by Gasteiger charge is -2.03. The van der Waals surface area contributed by atoms with Crippen LogP contribution < -0.4 is 5.73 Å². The molecule has 2 N–H and O–H groups in total. The molecule has 0 bridgehead atoms. The van der Waals surface area contributed by atoms with Gasteiger partial charge in [-0.15, -0.1) is 5.10 Å². The highest BCUT2D eigenvalue weighted by Crippen LogP contribution is 2.25. The molecule has 0 aliphatic carbocycles. The lowest BCUT2D eigenvalue weighted by Crippen LogP contribution is -2.12. The Morgan fingerprint density at radius 1 is 1.38 bits per heavy atom. The molecule has 0 aliphatic rings. The van der Waals surface area contributed by atoms with Gasteiger partial charge in [0.05, 0.1) is 16.6 Å². The Morgan fingerprint density at radius 3 is 2.88 bits per heavy atom. The molecule has 2 aromatic heterocycles. The summed E-state index contributed by atoms with van der Waals surface area (Å²) in [6.07, 6.45) is 1.49. The number of nitrogens with two attached hydrogens (primary N) is 1. The highest BCUT2D eigenvalue weighted by Gasteiger charge is 2.13. The summed E-state index contributed by atoms with van der Waals surface area (Å²) >= 11 is 11.8. The van der Waals surface area contributed by atoms with Gasteiger partial charge in [0.15, 0.2) is 0 Å². The smallest absolute Gasteiger partial charge is 0.202 e. The summed E-state index contributed by atoms with van der Waals surface area (Å²) in [6, 6.07) is 1.59. The molecule has 84 valence electrons. The van der Waals surface area contributed by atoms with Crippen molar-refractivity contribution < 1.29 is 0 Å². The zero-order valence-corrected chi connectivity index (χ0v) is 9.65. The predicted molar refractivity (Wildman–Crippen MR) is 60.1 cm³/mol. The van der Waals surface area contributed by atoms with Crippen molar-refractivity contribution in [2.45, 2.75) is 6.54 Å². The van der Waals surface area contributed by atoms with Gasteiger partial charge in [-0.1, -0.05) is 23.2 Å². The van der Waals surface area contributed by atoms with Gasteiger partial charge in [-0.05, 0) is 16.5 Å². The van der Waals surface area contributed by atoms with E-state index in [-0.39, 0.29) is 0 Å². The predicted octanol–water partition coefficient (Wildman–Crippen LogP) is 1.00. The molecular formula is C8H8Cl2N6. The number of nitrogens with zero attached hydrogens (tertiary/aromatic N) is 5. The van der Waals surface area contributed by atoms with Crippen LogP contribution >= 0.6 is 23.2 Å². The molecule has 0 atom stereocenters. The zero-order valence-electron chi connectivity index (χ0n) is 8.14. The van der Waals surface area contributed by atoms with Gasteiger partial charge < -0.3 is 5.73 Å². The number of aromatic nitrogens is 5. The van der Waals surface area contributed by atoms with Crippen molar-refractivity contribution in [1.29, 1.82) is 0 Å². The molecule has 6 nitrogen and oxygen atoms in total.